The Kier molecular flexibility index (Phi) is 5.99. The van der Waals surface area contributed by atoms with Crippen molar-refractivity contribution in [2.24, 2.45) is 0 Å². The molecule has 8 rings (SSSR count). The fourth-order valence-corrected chi connectivity index (χ4v) is 6.23. The van der Waals surface area contributed by atoms with Crippen LogP contribution in [0.15, 0.2) is 121 Å². The van der Waals surface area contributed by atoms with Gasteiger partial charge in [-0.3, -0.25) is 9.13 Å². The second-order valence-electron chi connectivity index (χ2n) is 10.8. The number of aryl methyl sites for hydroxylation is 1. The molecule has 202 valence electrons. The van der Waals surface area contributed by atoms with Crippen molar-refractivity contribution < 1.29 is 0 Å². The standard InChI is InChI=1S/C37H29N5/c1-4-14-26(15-5-1)28-24-32(27-16-6-2-7-17-27)38-33(25-28)36-39-40-37(41(36)29-18-8-3-9-19-29)42-34-22-12-10-20-30(34)31-21-11-13-23-35(31)42/h1-8,10,12-18,20,22-25H,9,11,19,21H2. The fourth-order valence-electron chi connectivity index (χ4n) is 6.23. The third-order valence-electron chi connectivity index (χ3n) is 8.21. The minimum Gasteiger partial charge on any atom is -0.278 e. The number of nitrogens with zero attached hydrogens (tertiary/aromatic N) is 5. The summed E-state index contributed by atoms with van der Waals surface area (Å²) in [5, 5.41) is 11.1. The number of para-hydroxylation sites is 1. The molecule has 5 heteroatoms. The first-order valence-electron chi connectivity index (χ1n) is 14.6. The summed E-state index contributed by atoms with van der Waals surface area (Å²) in [5.41, 5.74) is 9.88. The van der Waals surface area contributed by atoms with Crippen molar-refractivity contribution in [1.82, 2.24) is 24.3 Å². The lowest BCUT2D eigenvalue weighted by atomic mass is 10.0. The van der Waals surface area contributed by atoms with Crippen LogP contribution in [0, 0.1) is 0 Å². The largest absolute Gasteiger partial charge is 0.278 e. The quantitative estimate of drug-likeness (QED) is 0.218. The number of benzene rings is 3. The molecule has 0 amide bonds. The zero-order valence-corrected chi connectivity index (χ0v) is 23.2. The average Bonchev–Trinajstić information content (AvgIpc) is 3.65. The van der Waals surface area contributed by atoms with Crippen LogP contribution in [-0.2, 0) is 6.42 Å². The molecular weight excluding hydrogens is 514 g/mol. The van der Waals surface area contributed by atoms with Crippen molar-refractivity contribution in [2.45, 2.75) is 25.7 Å². The highest BCUT2D eigenvalue weighted by Crippen LogP contribution is 2.37. The van der Waals surface area contributed by atoms with Gasteiger partial charge in [-0.2, -0.15) is 0 Å². The van der Waals surface area contributed by atoms with Crippen LogP contribution in [0.2, 0.25) is 0 Å². The van der Waals surface area contributed by atoms with Gasteiger partial charge < -0.3 is 0 Å². The van der Waals surface area contributed by atoms with Crippen LogP contribution in [0.5, 0.6) is 0 Å². The number of rotatable bonds is 5. The summed E-state index contributed by atoms with van der Waals surface area (Å²) in [6, 6.07) is 33.8. The third-order valence-corrected chi connectivity index (χ3v) is 8.21. The first-order chi connectivity index (χ1) is 20.8. The van der Waals surface area contributed by atoms with E-state index >= 15 is 0 Å². The molecule has 0 saturated heterocycles. The minimum absolute atomic E-state index is 0.743. The Bertz CT molecular complexity index is 1970. The highest BCUT2D eigenvalue weighted by atomic mass is 15.4. The Hall–Kier alpha value is -5.29. The maximum absolute atomic E-state index is 5.21. The third kappa shape index (κ3) is 4.13. The maximum Gasteiger partial charge on any atom is 0.241 e. The predicted molar refractivity (Wildman–Crippen MR) is 171 cm³/mol. The smallest absolute Gasteiger partial charge is 0.241 e. The molecule has 5 nitrogen and oxygen atoms in total. The van der Waals surface area contributed by atoms with Gasteiger partial charge in [0, 0.05) is 16.6 Å². The molecule has 0 radical (unpaired) electrons. The van der Waals surface area contributed by atoms with Crippen molar-refractivity contribution >= 4 is 22.7 Å². The molecule has 0 atom stereocenters. The number of fused-ring (bicyclic) bond motifs is 3. The molecule has 6 aromatic rings. The Morgan fingerprint density at radius 3 is 2.17 bits per heavy atom. The van der Waals surface area contributed by atoms with Gasteiger partial charge in [-0.25, -0.2) is 4.98 Å². The molecule has 3 aromatic carbocycles. The van der Waals surface area contributed by atoms with Crippen molar-refractivity contribution in [2.75, 3.05) is 0 Å². The maximum atomic E-state index is 5.21. The van der Waals surface area contributed by atoms with Crippen LogP contribution in [0.4, 0.5) is 0 Å². The summed E-state index contributed by atoms with van der Waals surface area (Å²) in [4.78, 5) is 5.21. The monoisotopic (exact) mass is 543 g/mol. The van der Waals surface area contributed by atoms with Crippen LogP contribution >= 0.6 is 0 Å². The van der Waals surface area contributed by atoms with Gasteiger partial charge in [0.15, 0.2) is 5.82 Å². The number of hydrogen-bond donors (Lipinski definition) is 0. The van der Waals surface area contributed by atoms with E-state index in [0.717, 1.165) is 76.7 Å². The molecule has 0 unspecified atom stereocenters. The van der Waals surface area contributed by atoms with E-state index in [1.165, 1.54) is 16.6 Å². The molecule has 0 saturated carbocycles. The van der Waals surface area contributed by atoms with E-state index in [4.69, 9.17) is 15.2 Å². The summed E-state index contributed by atoms with van der Waals surface area (Å²) < 4.78 is 4.51. The van der Waals surface area contributed by atoms with E-state index in [2.05, 4.69) is 124 Å². The van der Waals surface area contributed by atoms with Crippen LogP contribution < -0.4 is 0 Å². The molecule has 0 spiro atoms. The Labute approximate surface area is 244 Å². The molecule has 42 heavy (non-hydrogen) atoms. The second kappa shape index (κ2) is 10.3. The van der Waals surface area contributed by atoms with E-state index in [1.807, 2.05) is 12.1 Å². The van der Waals surface area contributed by atoms with Crippen molar-refractivity contribution in [3.63, 3.8) is 0 Å². The zero-order valence-electron chi connectivity index (χ0n) is 23.2. The Morgan fingerprint density at radius 1 is 0.619 bits per heavy atom. The van der Waals surface area contributed by atoms with Crippen LogP contribution in [0.1, 0.15) is 30.5 Å². The molecule has 2 aliphatic carbocycles. The first-order valence-corrected chi connectivity index (χ1v) is 14.6. The lowest BCUT2D eigenvalue weighted by Gasteiger charge is -2.18. The van der Waals surface area contributed by atoms with E-state index < -0.39 is 0 Å². The molecule has 0 aliphatic heterocycles. The molecule has 3 aromatic heterocycles. The lowest BCUT2D eigenvalue weighted by Crippen LogP contribution is -2.11. The van der Waals surface area contributed by atoms with Gasteiger partial charge in [0.25, 0.3) is 0 Å². The number of hydrogen-bond acceptors (Lipinski definition) is 3. The molecule has 2 aliphatic rings. The average molecular weight is 544 g/mol. The van der Waals surface area contributed by atoms with Gasteiger partial charge in [0.2, 0.25) is 5.95 Å². The highest BCUT2D eigenvalue weighted by molar-refractivity contribution is 5.90. The molecular formula is C37H29N5. The van der Waals surface area contributed by atoms with Crippen LogP contribution in [0.25, 0.3) is 62.5 Å². The van der Waals surface area contributed by atoms with Crippen molar-refractivity contribution in [3.8, 4) is 39.9 Å². The van der Waals surface area contributed by atoms with Crippen LogP contribution in [-0.4, -0.2) is 24.3 Å². The normalized spacial score (nSPS) is 14.2. The number of pyridine rings is 1. The number of allylic oxidation sites excluding steroid dienone is 5. The van der Waals surface area contributed by atoms with E-state index in [9.17, 15) is 0 Å². The van der Waals surface area contributed by atoms with Crippen molar-refractivity contribution in [3.05, 3.63) is 133 Å². The highest BCUT2D eigenvalue weighted by Gasteiger charge is 2.26. The van der Waals surface area contributed by atoms with Gasteiger partial charge >= 0.3 is 0 Å². The van der Waals surface area contributed by atoms with Crippen LogP contribution in [0.3, 0.4) is 0 Å². The van der Waals surface area contributed by atoms with E-state index in [1.54, 1.807) is 0 Å². The van der Waals surface area contributed by atoms with Gasteiger partial charge in [-0.1, -0.05) is 97.1 Å². The number of aromatic nitrogens is 5. The lowest BCUT2D eigenvalue weighted by molar-refractivity contribution is 0.864. The summed E-state index contributed by atoms with van der Waals surface area (Å²) in [6.45, 7) is 0. The SMILES string of the molecule is C1=CCCC(n2c(-c3cc(-c4ccccc4)cc(-c4ccccc4)n3)nnc2-n2c3c(c4ccccc42)CCC=C3)=C1. The van der Waals surface area contributed by atoms with E-state index in [0.29, 0.717) is 0 Å². The Morgan fingerprint density at radius 2 is 1.36 bits per heavy atom. The predicted octanol–water partition coefficient (Wildman–Crippen LogP) is 8.77. The zero-order chi connectivity index (χ0) is 27.9. The van der Waals surface area contributed by atoms with Crippen molar-refractivity contribution in [1.29, 1.82) is 0 Å². The second-order valence-corrected chi connectivity index (χ2v) is 10.8. The van der Waals surface area contributed by atoms with Gasteiger partial charge in [0.05, 0.1) is 16.9 Å². The summed E-state index contributed by atoms with van der Waals surface area (Å²) in [7, 11) is 0. The van der Waals surface area contributed by atoms with Gasteiger partial charge in [-0.15, -0.1) is 10.2 Å². The minimum atomic E-state index is 0.743. The molecule has 0 bridgehead atoms. The van der Waals surface area contributed by atoms with Gasteiger partial charge in [-0.05, 0) is 72.7 Å². The van der Waals surface area contributed by atoms with Gasteiger partial charge in [0.1, 0.15) is 5.69 Å². The Balaban J connectivity index is 1.40. The molecule has 0 fully saturated rings. The summed E-state index contributed by atoms with van der Waals surface area (Å²) in [5.74, 6) is 1.54. The summed E-state index contributed by atoms with van der Waals surface area (Å²) in [6.07, 6.45) is 15.0. The molecule has 0 N–H and O–H groups in total. The van der Waals surface area contributed by atoms with E-state index in [-0.39, 0.29) is 0 Å². The fraction of sp³-hybridized carbons (Fsp3) is 0.108. The topological polar surface area (TPSA) is 48.5 Å². The molecule has 3 heterocycles. The summed E-state index contributed by atoms with van der Waals surface area (Å²) >= 11 is 0. The first kappa shape index (κ1) is 24.5.